The largest absolute Gasteiger partial charge is 0.493 e. The number of nitrogens with zero attached hydrogens (tertiary/aromatic N) is 1. The highest BCUT2D eigenvalue weighted by Gasteiger charge is 2.15. The molecule has 0 fully saturated rings. The molecule has 0 radical (unpaired) electrons. The van der Waals surface area contributed by atoms with Gasteiger partial charge >= 0.3 is 0 Å². The lowest BCUT2D eigenvalue weighted by molar-refractivity contribution is -0.384. The normalized spacial score (nSPS) is 10.6. The van der Waals surface area contributed by atoms with Crippen LogP contribution in [0, 0.1) is 10.1 Å². The van der Waals surface area contributed by atoms with Crippen molar-refractivity contribution in [3.8, 4) is 11.5 Å². The Morgan fingerprint density at radius 1 is 1.21 bits per heavy atom. The zero-order chi connectivity index (χ0) is 21.4. The molecule has 1 amide bonds. The smallest absolute Gasteiger partial charge is 0.288 e. The summed E-state index contributed by atoms with van der Waals surface area (Å²) in [6, 6.07) is 8.81. The molecule has 152 valence electrons. The van der Waals surface area contributed by atoms with Crippen LogP contribution in [0.3, 0.4) is 0 Å². The van der Waals surface area contributed by atoms with E-state index in [0.29, 0.717) is 23.6 Å². The van der Waals surface area contributed by atoms with E-state index in [1.54, 1.807) is 24.3 Å². The molecule has 0 saturated carbocycles. The molecule has 0 atom stereocenters. The maximum absolute atomic E-state index is 12.3. The first-order chi connectivity index (χ1) is 13.8. The van der Waals surface area contributed by atoms with Crippen molar-refractivity contribution in [3.05, 3.63) is 68.7 Å². The number of nitro groups is 1. The molecular weight excluding hydrogens is 400 g/mol. The SMILES string of the molecule is CCNC(=O)COc1ccc(/C=C/C(=O)c2ccc(Cl)c([N+](=O)[O-])c2)cc1OC. The summed E-state index contributed by atoms with van der Waals surface area (Å²) in [5, 5.41) is 13.5. The Hall–Kier alpha value is -3.39. The molecule has 8 nitrogen and oxygen atoms in total. The fourth-order valence-corrected chi connectivity index (χ4v) is 2.56. The van der Waals surface area contributed by atoms with Crippen LogP contribution in [0.25, 0.3) is 6.08 Å². The fourth-order valence-electron chi connectivity index (χ4n) is 2.37. The molecule has 0 aliphatic rings. The van der Waals surface area contributed by atoms with Gasteiger partial charge < -0.3 is 14.8 Å². The average Bonchev–Trinajstić information content (AvgIpc) is 2.71. The van der Waals surface area contributed by atoms with Crippen molar-refractivity contribution < 1.29 is 24.0 Å². The van der Waals surface area contributed by atoms with Crippen LogP contribution in [0.1, 0.15) is 22.8 Å². The molecule has 0 spiro atoms. The number of hydrogen-bond donors (Lipinski definition) is 1. The van der Waals surface area contributed by atoms with Gasteiger partial charge in [-0.05, 0) is 42.8 Å². The highest BCUT2D eigenvalue weighted by atomic mass is 35.5. The third-order valence-corrected chi connectivity index (χ3v) is 4.09. The molecule has 1 N–H and O–H groups in total. The molecular formula is C20H19ClN2O6. The van der Waals surface area contributed by atoms with Gasteiger partial charge in [-0.25, -0.2) is 0 Å². The van der Waals surface area contributed by atoms with E-state index < -0.39 is 10.7 Å². The van der Waals surface area contributed by atoms with Gasteiger partial charge in [-0.15, -0.1) is 0 Å². The van der Waals surface area contributed by atoms with Crippen molar-refractivity contribution in [1.29, 1.82) is 0 Å². The number of halogens is 1. The minimum absolute atomic E-state index is 0.0385. The zero-order valence-corrected chi connectivity index (χ0v) is 16.6. The molecule has 0 aliphatic heterocycles. The molecule has 0 unspecified atom stereocenters. The first-order valence-corrected chi connectivity index (χ1v) is 8.97. The predicted molar refractivity (Wildman–Crippen MR) is 109 cm³/mol. The molecule has 0 heterocycles. The number of rotatable bonds is 9. The Morgan fingerprint density at radius 3 is 2.62 bits per heavy atom. The van der Waals surface area contributed by atoms with Gasteiger partial charge in [0.2, 0.25) is 0 Å². The summed E-state index contributed by atoms with van der Waals surface area (Å²) < 4.78 is 10.7. The molecule has 2 aromatic rings. The lowest BCUT2D eigenvalue weighted by Crippen LogP contribution is -2.28. The molecule has 0 saturated heterocycles. The first kappa shape index (κ1) is 21.9. The van der Waals surface area contributed by atoms with Crippen LogP contribution in [-0.2, 0) is 4.79 Å². The van der Waals surface area contributed by atoms with Crippen LogP contribution in [0.15, 0.2) is 42.5 Å². The Kier molecular flexibility index (Phi) is 7.73. The summed E-state index contributed by atoms with van der Waals surface area (Å²) in [6.07, 6.45) is 2.83. The van der Waals surface area contributed by atoms with E-state index >= 15 is 0 Å². The van der Waals surface area contributed by atoms with E-state index in [1.807, 2.05) is 6.92 Å². The topological polar surface area (TPSA) is 108 Å². The Labute approximate surface area is 172 Å². The maximum atomic E-state index is 12.3. The summed E-state index contributed by atoms with van der Waals surface area (Å²) in [5.41, 5.74) is 0.455. The van der Waals surface area contributed by atoms with Gasteiger partial charge in [-0.2, -0.15) is 0 Å². The molecule has 2 aromatic carbocycles. The molecule has 29 heavy (non-hydrogen) atoms. The van der Waals surface area contributed by atoms with Gasteiger partial charge in [-0.1, -0.05) is 23.7 Å². The molecule has 9 heteroatoms. The van der Waals surface area contributed by atoms with Crippen LogP contribution in [-0.4, -0.2) is 36.9 Å². The average molecular weight is 419 g/mol. The molecule has 2 rings (SSSR count). The molecule has 0 bridgehead atoms. The van der Waals surface area contributed by atoms with E-state index in [0.717, 1.165) is 6.07 Å². The standard InChI is InChI=1S/C20H19ClN2O6/c1-3-22-20(25)12-29-18-9-5-13(10-19(18)28-2)4-8-17(24)14-6-7-15(21)16(11-14)23(26)27/h4-11H,3,12H2,1-2H3,(H,22,25)/b8-4+. The Morgan fingerprint density at radius 2 is 1.97 bits per heavy atom. The number of methoxy groups -OCH3 is 1. The quantitative estimate of drug-likeness (QED) is 0.288. The van der Waals surface area contributed by atoms with Crippen LogP contribution in [0.5, 0.6) is 11.5 Å². The van der Waals surface area contributed by atoms with E-state index in [2.05, 4.69) is 5.32 Å². The number of ether oxygens (including phenoxy) is 2. The number of nitro benzene ring substituents is 1. The van der Waals surface area contributed by atoms with Crippen molar-refractivity contribution in [2.45, 2.75) is 6.92 Å². The van der Waals surface area contributed by atoms with Crippen molar-refractivity contribution in [3.63, 3.8) is 0 Å². The number of nitrogens with one attached hydrogen (secondary N) is 1. The number of ketones is 1. The molecule has 0 aliphatic carbocycles. The van der Waals surface area contributed by atoms with Crippen LogP contribution in [0.2, 0.25) is 5.02 Å². The number of carbonyl (C=O) groups is 2. The number of amides is 1. The summed E-state index contributed by atoms with van der Waals surface area (Å²) in [4.78, 5) is 34.1. The van der Waals surface area contributed by atoms with E-state index in [9.17, 15) is 19.7 Å². The van der Waals surface area contributed by atoms with Gasteiger partial charge in [0.25, 0.3) is 11.6 Å². The van der Waals surface area contributed by atoms with Gasteiger partial charge in [0.15, 0.2) is 23.9 Å². The number of allylic oxidation sites excluding steroid dienone is 1. The van der Waals surface area contributed by atoms with Gasteiger partial charge in [0.05, 0.1) is 12.0 Å². The summed E-state index contributed by atoms with van der Waals surface area (Å²) in [7, 11) is 1.46. The number of benzene rings is 2. The monoisotopic (exact) mass is 418 g/mol. The van der Waals surface area contributed by atoms with Gasteiger partial charge in [0, 0.05) is 18.2 Å². The summed E-state index contributed by atoms with van der Waals surface area (Å²) >= 11 is 5.76. The van der Waals surface area contributed by atoms with Gasteiger partial charge in [0.1, 0.15) is 5.02 Å². The highest BCUT2D eigenvalue weighted by molar-refractivity contribution is 6.32. The molecule has 0 aromatic heterocycles. The van der Waals surface area contributed by atoms with Crippen LogP contribution < -0.4 is 14.8 Å². The minimum atomic E-state index is -0.646. The van der Waals surface area contributed by atoms with E-state index in [4.69, 9.17) is 21.1 Å². The lowest BCUT2D eigenvalue weighted by Gasteiger charge is -2.11. The first-order valence-electron chi connectivity index (χ1n) is 8.59. The number of hydrogen-bond acceptors (Lipinski definition) is 6. The maximum Gasteiger partial charge on any atom is 0.288 e. The minimum Gasteiger partial charge on any atom is -0.493 e. The fraction of sp³-hybridized carbons (Fsp3) is 0.200. The van der Waals surface area contributed by atoms with Gasteiger partial charge in [-0.3, -0.25) is 19.7 Å². The summed E-state index contributed by atoms with van der Waals surface area (Å²) in [6.45, 7) is 2.17. The lowest BCUT2D eigenvalue weighted by atomic mass is 10.1. The van der Waals surface area contributed by atoms with Crippen LogP contribution in [0.4, 0.5) is 5.69 Å². The Balaban J connectivity index is 2.14. The predicted octanol–water partition coefficient (Wildman–Crippen LogP) is 3.67. The van der Waals surface area contributed by atoms with Crippen molar-refractivity contribution in [1.82, 2.24) is 5.32 Å². The summed E-state index contributed by atoms with van der Waals surface area (Å²) in [5.74, 6) is 0.114. The third-order valence-electron chi connectivity index (χ3n) is 3.77. The van der Waals surface area contributed by atoms with E-state index in [1.165, 1.54) is 25.3 Å². The second kappa shape index (κ2) is 10.2. The second-order valence-corrected chi connectivity index (χ2v) is 6.18. The number of likely N-dealkylation sites (N-methyl/N-ethyl adjacent to an activating group) is 1. The van der Waals surface area contributed by atoms with E-state index in [-0.39, 0.29) is 28.8 Å². The van der Waals surface area contributed by atoms with Crippen molar-refractivity contribution >= 4 is 35.1 Å². The zero-order valence-electron chi connectivity index (χ0n) is 15.8. The van der Waals surface area contributed by atoms with Crippen molar-refractivity contribution in [2.75, 3.05) is 20.3 Å². The van der Waals surface area contributed by atoms with Crippen molar-refractivity contribution in [2.24, 2.45) is 0 Å². The third kappa shape index (κ3) is 6.05. The van der Waals surface area contributed by atoms with Crippen LogP contribution >= 0.6 is 11.6 Å². The Bertz CT molecular complexity index is 958. The number of carbonyl (C=O) groups excluding carboxylic acids is 2. The highest BCUT2D eigenvalue weighted by Crippen LogP contribution is 2.29. The second-order valence-electron chi connectivity index (χ2n) is 5.77.